The molecule has 2 N–H and O–H groups in total. The molecule has 1 rings (SSSR count). The number of halogens is 1. The van der Waals surface area contributed by atoms with Crippen molar-refractivity contribution in [3.05, 3.63) is 41.3 Å². The molecule has 23 heavy (non-hydrogen) atoms. The number of rotatable bonds is 6. The molecule has 0 bridgehead atoms. The standard InChI is InChI=1S/C16H19FN2O4/c1-9(2)14(16(22)23)19-15(21)13(18-10(3)20)8-11-4-6-12(17)7-5-11/h4-9,14H,1-3H3,(H,18,20)(H,19,21)(H,22,23)/p-1/b13-8-/t14-/m0/s1. The number of carboxylic acids is 1. The molecule has 0 radical (unpaired) electrons. The van der Waals surface area contributed by atoms with E-state index in [-0.39, 0.29) is 5.70 Å². The smallest absolute Gasteiger partial charge is 0.268 e. The van der Waals surface area contributed by atoms with Crippen molar-refractivity contribution in [3.63, 3.8) is 0 Å². The van der Waals surface area contributed by atoms with Crippen LogP contribution < -0.4 is 15.7 Å². The van der Waals surface area contributed by atoms with Gasteiger partial charge in [-0.25, -0.2) is 4.39 Å². The van der Waals surface area contributed by atoms with Gasteiger partial charge in [-0.2, -0.15) is 0 Å². The summed E-state index contributed by atoms with van der Waals surface area (Å²) in [5, 5.41) is 15.7. The van der Waals surface area contributed by atoms with Crippen LogP contribution in [-0.2, 0) is 14.4 Å². The Labute approximate surface area is 133 Å². The van der Waals surface area contributed by atoms with E-state index in [0.717, 1.165) is 0 Å². The van der Waals surface area contributed by atoms with Crippen LogP contribution in [0.25, 0.3) is 6.08 Å². The van der Waals surface area contributed by atoms with Gasteiger partial charge >= 0.3 is 0 Å². The Morgan fingerprint density at radius 2 is 1.74 bits per heavy atom. The van der Waals surface area contributed by atoms with Gasteiger partial charge in [0.2, 0.25) is 5.91 Å². The summed E-state index contributed by atoms with van der Waals surface area (Å²) < 4.78 is 12.9. The number of benzene rings is 1. The molecule has 0 aliphatic carbocycles. The molecule has 0 spiro atoms. The van der Waals surface area contributed by atoms with Crippen LogP contribution in [0.2, 0.25) is 0 Å². The highest BCUT2D eigenvalue weighted by Crippen LogP contribution is 2.09. The summed E-state index contributed by atoms with van der Waals surface area (Å²) in [6, 6.07) is 4.04. The molecular formula is C16H18FN2O4-. The van der Waals surface area contributed by atoms with E-state index in [4.69, 9.17) is 0 Å². The van der Waals surface area contributed by atoms with Crippen molar-refractivity contribution in [1.82, 2.24) is 10.6 Å². The zero-order valence-electron chi connectivity index (χ0n) is 13.1. The van der Waals surface area contributed by atoms with Crippen molar-refractivity contribution >= 4 is 23.9 Å². The molecule has 1 aromatic rings. The lowest BCUT2D eigenvalue weighted by molar-refractivity contribution is -0.309. The fourth-order valence-electron chi connectivity index (χ4n) is 1.79. The van der Waals surface area contributed by atoms with E-state index in [1.807, 2.05) is 0 Å². The molecule has 0 aliphatic heterocycles. The lowest BCUT2D eigenvalue weighted by Gasteiger charge is -2.23. The fraction of sp³-hybridized carbons (Fsp3) is 0.312. The Balaban J connectivity index is 3.05. The largest absolute Gasteiger partial charge is 0.548 e. The van der Waals surface area contributed by atoms with E-state index in [1.54, 1.807) is 13.8 Å². The van der Waals surface area contributed by atoms with Crippen molar-refractivity contribution in [2.75, 3.05) is 0 Å². The normalized spacial score (nSPS) is 12.7. The zero-order valence-corrected chi connectivity index (χ0v) is 13.1. The minimum absolute atomic E-state index is 0.143. The monoisotopic (exact) mass is 321 g/mol. The fourth-order valence-corrected chi connectivity index (χ4v) is 1.79. The summed E-state index contributed by atoms with van der Waals surface area (Å²) in [4.78, 5) is 34.5. The minimum atomic E-state index is -1.42. The average Bonchev–Trinajstić information content (AvgIpc) is 2.44. The van der Waals surface area contributed by atoms with Crippen molar-refractivity contribution < 1.29 is 23.9 Å². The Bertz CT molecular complexity index is 623. The third-order valence-electron chi connectivity index (χ3n) is 2.94. The summed E-state index contributed by atoms with van der Waals surface area (Å²) >= 11 is 0. The predicted molar refractivity (Wildman–Crippen MR) is 80.0 cm³/mol. The molecule has 0 aliphatic rings. The van der Waals surface area contributed by atoms with Gasteiger partial charge < -0.3 is 20.5 Å². The van der Waals surface area contributed by atoms with E-state index in [9.17, 15) is 23.9 Å². The number of amides is 2. The van der Waals surface area contributed by atoms with Gasteiger partial charge in [0.1, 0.15) is 11.5 Å². The summed E-state index contributed by atoms with van der Waals surface area (Å²) in [5.74, 6) is -3.52. The van der Waals surface area contributed by atoms with Crippen LogP contribution >= 0.6 is 0 Å². The highest BCUT2D eigenvalue weighted by molar-refractivity contribution is 6.02. The number of carbonyl (C=O) groups is 3. The Kier molecular flexibility index (Phi) is 6.44. The van der Waals surface area contributed by atoms with Gasteiger partial charge in [0, 0.05) is 6.92 Å². The minimum Gasteiger partial charge on any atom is -0.548 e. The lowest BCUT2D eigenvalue weighted by Crippen LogP contribution is -2.52. The van der Waals surface area contributed by atoms with Gasteiger partial charge in [-0.1, -0.05) is 26.0 Å². The molecule has 0 aromatic heterocycles. The number of aliphatic carboxylic acids is 1. The molecule has 7 heteroatoms. The van der Waals surface area contributed by atoms with Crippen molar-refractivity contribution in [2.45, 2.75) is 26.8 Å². The molecule has 2 amide bonds. The SMILES string of the molecule is CC(=O)N/C(=C\c1ccc(F)cc1)C(=O)N[C@H](C(=O)[O-])C(C)C. The van der Waals surface area contributed by atoms with Crippen molar-refractivity contribution in [2.24, 2.45) is 5.92 Å². The van der Waals surface area contributed by atoms with Gasteiger partial charge in [0.05, 0.1) is 12.0 Å². The highest BCUT2D eigenvalue weighted by atomic mass is 19.1. The van der Waals surface area contributed by atoms with Crippen LogP contribution in [0.15, 0.2) is 30.0 Å². The Morgan fingerprint density at radius 3 is 2.17 bits per heavy atom. The molecule has 0 unspecified atom stereocenters. The average molecular weight is 321 g/mol. The number of carboxylic acid groups (broad SMARTS) is 1. The van der Waals surface area contributed by atoms with Gasteiger partial charge in [0.15, 0.2) is 0 Å². The second-order valence-corrected chi connectivity index (χ2v) is 5.30. The predicted octanol–water partition coefficient (Wildman–Crippen LogP) is 0.193. The molecule has 0 fully saturated rings. The Hall–Kier alpha value is -2.70. The second-order valence-electron chi connectivity index (χ2n) is 5.30. The second kappa shape index (κ2) is 8.07. The maximum Gasteiger partial charge on any atom is 0.268 e. The molecule has 1 aromatic carbocycles. The molecular weight excluding hydrogens is 303 g/mol. The van der Waals surface area contributed by atoms with Crippen LogP contribution in [0, 0.1) is 11.7 Å². The van der Waals surface area contributed by atoms with Gasteiger partial charge in [0.25, 0.3) is 5.91 Å². The van der Waals surface area contributed by atoms with E-state index in [1.165, 1.54) is 37.3 Å². The molecule has 0 saturated carbocycles. The first-order chi connectivity index (χ1) is 10.7. The summed E-state index contributed by atoms with van der Waals surface area (Å²) in [5.41, 5.74) is 0.329. The van der Waals surface area contributed by atoms with E-state index < -0.39 is 35.6 Å². The molecule has 0 saturated heterocycles. The lowest BCUT2D eigenvalue weighted by atomic mass is 10.0. The van der Waals surface area contributed by atoms with Crippen LogP contribution in [0.3, 0.4) is 0 Å². The third-order valence-corrected chi connectivity index (χ3v) is 2.94. The molecule has 0 heterocycles. The van der Waals surface area contributed by atoms with Crippen LogP contribution in [0.4, 0.5) is 4.39 Å². The molecule has 1 atom stereocenters. The quantitative estimate of drug-likeness (QED) is 0.731. The zero-order chi connectivity index (χ0) is 17.6. The summed E-state index contributed by atoms with van der Waals surface area (Å²) in [7, 11) is 0. The number of hydrogen-bond acceptors (Lipinski definition) is 4. The number of carbonyl (C=O) groups excluding carboxylic acids is 3. The first-order valence-corrected chi connectivity index (χ1v) is 6.97. The summed E-state index contributed by atoms with van der Waals surface area (Å²) in [6.45, 7) is 4.44. The first kappa shape index (κ1) is 18.3. The van der Waals surface area contributed by atoms with Gasteiger partial charge in [-0.05, 0) is 29.7 Å². The number of hydrogen-bond donors (Lipinski definition) is 2. The van der Waals surface area contributed by atoms with Crippen LogP contribution in [-0.4, -0.2) is 23.8 Å². The molecule has 6 nitrogen and oxygen atoms in total. The van der Waals surface area contributed by atoms with E-state index in [2.05, 4.69) is 10.6 Å². The topological polar surface area (TPSA) is 98.3 Å². The van der Waals surface area contributed by atoms with Crippen LogP contribution in [0.5, 0.6) is 0 Å². The highest BCUT2D eigenvalue weighted by Gasteiger charge is 2.20. The van der Waals surface area contributed by atoms with E-state index >= 15 is 0 Å². The maximum absolute atomic E-state index is 12.9. The third kappa shape index (κ3) is 5.90. The number of nitrogens with one attached hydrogen (secondary N) is 2. The first-order valence-electron chi connectivity index (χ1n) is 6.97. The molecule has 124 valence electrons. The Morgan fingerprint density at radius 1 is 1.17 bits per heavy atom. The van der Waals surface area contributed by atoms with Crippen molar-refractivity contribution in [3.8, 4) is 0 Å². The van der Waals surface area contributed by atoms with E-state index in [0.29, 0.717) is 5.56 Å². The van der Waals surface area contributed by atoms with Gasteiger partial charge in [-0.3, -0.25) is 9.59 Å². The summed E-state index contributed by atoms with van der Waals surface area (Å²) in [6.07, 6.45) is 1.32. The van der Waals surface area contributed by atoms with Crippen LogP contribution in [0.1, 0.15) is 26.3 Å². The van der Waals surface area contributed by atoms with Gasteiger partial charge in [-0.15, -0.1) is 0 Å². The maximum atomic E-state index is 12.9. The van der Waals surface area contributed by atoms with Crippen molar-refractivity contribution in [1.29, 1.82) is 0 Å².